The third kappa shape index (κ3) is 2.65. The third-order valence-corrected chi connectivity index (χ3v) is 2.98. The Labute approximate surface area is 111 Å². The van der Waals surface area contributed by atoms with Crippen molar-refractivity contribution in [2.45, 2.75) is 6.54 Å². The number of thiophene rings is 1. The first kappa shape index (κ1) is 11.5. The SMILES string of the molecule is O=C(Cn1nnc(-c2ccsc2)n1)Nc1ccn[nH]1. The van der Waals surface area contributed by atoms with Crippen molar-refractivity contribution in [2.75, 3.05) is 5.32 Å². The Morgan fingerprint density at radius 3 is 3.16 bits per heavy atom. The number of aromatic nitrogens is 6. The second-order valence-corrected chi connectivity index (χ2v) is 4.45. The average molecular weight is 275 g/mol. The van der Waals surface area contributed by atoms with Gasteiger partial charge in [-0.3, -0.25) is 9.89 Å². The number of amides is 1. The summed E-state index contributed by atoms with van der Waals surface area (Å²) in [5.41, 5.74) is 0.894. The summed E-state index contributed by atoms with van der Waals surface area (Å²) < 4.78 is 0. The Bertz CT molecular complexity index is 658. The molecule has 0 aliphatic rings. The number of tetrazole rings is 1. The molecule has 0 saturated heterocycles. The smallest absolute Gasteiger partial charge is 0.249 e. The van der Waals surface area contributed by atoms with Crippen molar-refractivity contribution in [2.24, 2.45) is 0 Å². The van der Waals surface area contributed by atoms with Crippen molar-refractivity contribution < 1.29 is 4.79 Å². The maximum absolute atomic E-state index is 11.7. The number of carbonyl (C=O) groups excluding carboxylic acids is 1. The maximum Gasteiger partial charge on any atom is 0.249 e. The summed E-state index contributed by atoms with van der Waals surface area (Å²) in [4.78, 5) is 12.9. The minimum Gasteiger partial charge on any atom is -0.309 e. The number of nitrogens with one attached hydrogen (secondary N) is 2. The maximum atomic E-state index is 11.7. The molecule has 0 aromatic carbocycles. The van der Waals surface area contributed by atoms with Crippen LogP contribution in [0.4, 0.5) is 5.82 Å². The van der Waals surface area contributed by atoms with Gasteiger partial charge in [-0.05, 0) is 16.7 Å². The van der Waals surface area contributed by atoms with Gasteiger partial charge in [0, 0.05) is 17.0 Å². The molecule has 96 valence electrons. The molecule has 0 aliphatic carbocycles. The molecule has 0 fully saturated rings. The molecule has 0 aliphatic heterocycles. The van der Waals surface area contributed by atoms with Gasteiger partial charge in [0.15, 0.2) is 0 Å². The van der Waals surface area contributed by atoms with Crippen LogP contribution < -0.4 is 5.32 Å². The molecule has 3 rings (SSSR count). The molecule has 8 nitrogen and oxygen atoms in total. The summed E-state index contributed by atoms with van der Waals surface area (Å²) in [6.07, 6.45) is 1.55. The van der Waals surface area contributed by atoms with E-state index in [1.165, 1.54) is 4.80 Å². The summed E-state index contributed by atoms with van der Waals surface area (Å²) in [7, 11) is 0. The van der Waals surface area contributed by atoms with E-state index in [1.807, 2.05) is 16.8 Å². The van der Waals surface area contributed by atoms with Crippen molar-refractivity contribution in [1.29, 1.82) is 0 Å². The monoisotopic (exact) mass is 275 g/mol. The van der Waals surface area contributed by atoms with Crippen LogP contribution in [0.1, 0.15) is 0 Å². The first-order chi connectivity index (χ1) is 9.31. The molecular weight excluding hydrogens is 266 g/mol. The second-order valence-electron chi connectivity index (χ2n) is 3.67. The minimum atomic E-state index is -0.251. The number of hydrogen-bond acceptors (Lipinski definition) is 6. The Morgan fingerprint density at radius 1 is 1.47 bits per heavy atom. The number of aromatic amines is 1. The van der Waals surface area contributed by atoms with E-state index in [9.17, 15) is 4.79 Å². The van der Waals surface area contributed by atoms with E-state index in [1.54, 1.807) is 23.6 Å². The second kappa shape index (κ2) is 4.98. The molecule has 3 aromatic heterocycles. The zero-order chi connectivity index (χ0) is 13.1. The molecule has 3 heterocycles. The van der Waals surface area contributed by atoms with Crippen LogP contribution in [0, 0.1) is 0 Å². The van der Waals surface area contributed by atoms with Crippen molar-refractivity contribution in [3.8, 4) is 11.4 Å². The van der Waals surface area contributed by atoms with Crippen LogP contribution in [-0.4, -0.2) is 36.3 Å². The van der Waals surface area contributed by atoms with Gasteiger partial charge in [-0.15, -0.1) is 10.2 Å². The number of rotatable bonds is 4. The standard InChI is InChI=1S/C10H9N7OS/c18-9(12-8-1-3-11-13-8)5-17-15-10(14-16-17)7-2-4-19-6-7/h1-4,6H,5H2,(H2,11,12,13,18). The summed E-state index contributed by atoms with van der Waals surface area (Å²) in [5.74, 6) is 0.789. The largest absolute Gasteiger partial charge is 0.309 e. The first-order valence-electron chi connectivity index (χ1n) is 5.41. The molecule has 0 saturated carbocycles. The van der Waals surface area contributed by atoms with Gasteiger partial charge < -0.3 is 5.32 Å². The number of carbonyl (C=O) groups is 1. The molecule has 0 spiro atoms. The lowest BCUT2D eigenvalue weighted by Gasteiger charge is -2.00. The van der Waals surface area contributed by atoms with E-state index in [4.69, 9.17) is 0 Å². The lowest BCUT2D eigenvalue weighted by atomic mass is 10.3. The van der Waals surface area contributed by atoms with Crippen molar-refractivity contribution in [3.05, 3.63) is 29.1 Å². The van der Waals surface area contributed by atoms with Crippen molar-refractivity contribution in [1.82, 2.24) is 30.4 Å². The van der Waals surface area contributed by atoms with Crippen LogP contribution in [0.25, 0.3) is 11.4 Å². The highest BCUT2D eigenvalue weighted by Crippen LogP contribution is 2.16. The topological polar surface area (TPSA) is 101 Å². The Kier molecular flexibility index (Phi) is 3.02. The number of anilines is 1. The fraction of sp³-hybridized carbons (Fsp3) is 0.100. The van der Waals surface area contributed by atoms with Gasteiger partial charge in [0.25, 0.3) is 0 Å². The van der Waals surface area contributed by atoms with E-state index in [2.05, 4.69) is 30.9 Å². The summed E-state index contributed by atoms with van der Waals surface area (Å²) in [6.45, 7) is -0.00381. The summed E-state index contributed by atoms with van der Waals surface area (Å²) >= 11 is 1.55. The highest BCUT2D eigenvalue weighted by atomic mass is 32.1. The predicted molar refractivity (Wildman–Crippen MR) is 68.3 cm³/mol. The van der Waals surface area contributed by atoms with Crippen molar-refractivity contribution in [3.63, 3.8) is 0 Å². The van der Waals surface area contributed by atoms with E-state index in [0.29, 0.717) is 11.6 Å². The molecule has 0 bridgehead atoms. The molecular formula is C10H9N7OS. The molecule has 19 heavy (non-hydrogen) atoms. The van der Waals surface area contributed by atoms with Crippen LogP contribution in [0.5, 0.6) is 0 Å². The van der Waals surface area contributed by atoms with Crippen LogP contribution in [0.15, 0.2) is 29.1 Å². The molecule has 2 N–H and O–H groups in total. The van der Waals surface area contributed by atoms with Gasteiger partial charge in [0.1, 0.15) is 12.4 Å². The molecule has 0 unspecified atom stereocenters. The fourth-order valence-corrected chi connectivity index (χ4v) is 2.10. The quantitative estimate of drug-likeness (QED) is 0.732. The molecule has 1 amide bonds. The van der Waals surface area contributed by atoms with E-state index < -0.39 is 0 Å². The normalized spacial score (nSPS) is 10.5. The minimum absolute atomic E-state index is 0.00381. The van der Waals surface area contributed by atoms with Gasteiger partial charge in [-0.25, -0.2) is 0 Å². The van der Waals surface area contributed by atoms with Crippen molar-refractivity contribution >= 4 is 23.1 Å². The predicted octanol–water partition coefficient (Wildman–Crippen LogP) is 0.763. The number of H-pyrrole nitrogens is 1. The van der Waals surface area contributed by atoms with Gasteiger partial charge >= 0.3 is 0 Å². The Balaban J connectivity index is 1.65. The van der Waals surface area contributed by atoms with E-state index >= 15 is 0 Å². The molecule has 0 radical (unpaired) electrons. The zero-order valence-electron chi connectivity index (χ0n) is 9.65. The number of nitrogens with zero attached hydrogens (tertiary/aromatic N) is 5. The summed E-state index contributed by atoms with van der Waals surface area (Å²) in [6, 6.07) is 3.56. The number of hydrogen-bond donors (Lipinski definition) is 2. The van der Waals surface area contributed by atoms with E-state index in [0.717, 1.165) is 5.56 Å². The van der Waals surface area contributed by atoms with Crippen LogP contribution in [-0.2, 0) is 11.3 Å². The Hall–Kier alpha value is -2.55. The van der Waals surface area contributed by atoms with Gasteiger partial charge in [0.05, 0.1) is 6.20 Å². The van der Waals surface area contributed by atoms with Gasteiger partial charge in [-0.2, -0.15) is 21.2 Å². The Morgan fingerprint density at radius 2 is 2.42 bits per heavy atom. The summed E-state index contributed by atoms with van der Waals surface area (Å²) in [5, 5.41) is 24.7. The lowest BCUT2D eigenvalue weighted by molar-refractivity contribution is -0.117. The molecule has 3 aromatic rings. The molecule has 9 heteroatoms. The lowest BCUT2D eigenvalue weighted by Crippen LogP contribution is -2.20. The van der Waals surface area contributed by atoms with Crippen LogP contribution in [0.3, 0.4) is 0 Å². The molecule has 0 atom stereocenters. The van der Waals surface area contributed by atoms with Gasteiger partial charge in [0.2, 0.25) is 11.7 Å². The highest BCUT2D eigenvalue weighted by molar-refractivity contribution is 7.08. The third-order valence-electron chi connectivity index (χ3n) is 2.29. The zero-order valence-corrected chi connectivity index (χ0v) is 10.5. The van der Waals surface area contributed by atoms with Crippen LogP contribution >= 0.6 is 11.3 Å². The van der Waals surface area contributed by atoms with E-state index in [-0.39, 0.29) is 12.5 Å². The average Bonchev–Trinajstić information content (AvgIpc) is 3.09. The first-order valence-corrected chi connectivity index (χ1v) is 6.35. The highest BCUT2D eigenvalue weighted by Gasteiger charge is 2.09. The van der Waals surface area contributed by atoms with Crippen LogP contribution in [0.2, 0.25) is 0 Å². The van der Waals surface area contributed by atoms with Gasteiger partial charge in [-0.1, -0.05) is 0 Å². The fourth-order valence-electron chi connectivity index (χ4n) is 1.46.